The molecule has 4 heteroatoms. The highest BCUT2D eigenvalue weighted by Crippen LogP contribution is 2.09. The van der Waals surface area contributed by atoms with E-state index in [0.29, 0.717) is 5.69 Å². The van der Waals surface area contributed by atoms with E-state index in [0.717, 1.165) is 5.69 Å². The zero-order valence-electron chi connectivity index (χ0n) is 9.90. The van der Waals surface area contributed by atoms with Gasteiger partial charge in [0.15, 0.2) is 0 Å². The summed E-state index contributed by atoms with van der Waals surface area (Å²) in [4.78, 5) is 15.6. The lowest BCUT2D eigenvalue weighted by atomic mass is 10.0. The van der Waals surface area contributed by atoms with Crippen molar-refractivity contribution in [2.24, 2.45) is 5.92 Å². The minimum Gasteiger partial charge on any atom is -0.392 e. The highest BCUT2D eigenvalue weighted by molar-refractivity contribution is 5.90. The summed E-state index contributed by atoms with van der Waals surface area (Å²) in [5.41, 5.74) is 1.56. The first kappa shape index (κ1) is 12.6. The maximum absolute atomic E-state index is 11.5. The number of pyridine rings is 1. The Bertz CT molecular complexity index is 347. The Morgan fingerprint density at radius 1 is 1.50 bits per heavy atom. The molecule has 1 atom stereocenters. The molecule has 0 saturated heterocycles. The molecule has 0 fully saturated rings. The van der Waals surface area contributed by atoms with Gasteiger partial charge >= 0.3 is 0 Å². The quantitative estimate of drug-likeness (QED) is 0.815. The molecular weight excluding hydrogens is 204 g/mol. The zero-order valence-corrected chi connectivity index (χ0v) is 9.90. The molecule has 0 saturated carbocycles. The van der Waals surface area contributed by atoms with Crippen LogP contribution >= 0.6 is 0 Å². The number of hydrogen-bond donors (Lipinski definition) is 2. The number of carbonyl (C=O) groups excluding carboxylic acids is 1. The van der Waals surface area contributed by atoms with Crippen molar-refractivity contribution < 1.29 is 9.90 Å². The molecule has 0 aliphatic carbocycles. The zero-order chi connectivity index (χ0) is 12.1. The first-order valence-electron chi connectivity index (χ1n) is 5.39. The first-order chi connectivity index (χ1) is 7.49. The summed E-state index contributed by atoms with van der Waals surface area (Å²) in [7, 11) is 0. The monoisotopic (exact) mass is 222 g/mol. The molecule has 0 spiro atoms. The van der Waals surface area contributed by atoms with Gasteiger partial charge in [-0.25, -0.2) is 0 Å². The van der Waals surface area contributed by atoms with Gasteiger partial charge in [0.25, 0.3) is 0 Å². The van der Waals surface area contributed by atoms with E-state index in [1.54, 1.807) is 12.3 Å². The van der Waals surface area contributed by atoms with E-state index in [1.807, 2.05) is 26.8 Å². The van der Waals surface area contributed by atoms with E-state index in [4.69, 9.17) is 0 Å². The fourth-order valence-corrected chi connectivity index (χ4v) is 1.18. The lowest BCUT2D eigenvalue weighted by Gasteiger charge is -2.13. The van der Waals surface area contributed by atoms with Gasteiger partial charge in [-0.2, -0.15) is 0 Å². The van der Waals surface area contributed by atoms with Crippen molar-refractivity contribution in [1.29, 1.82) is 0 Å². The molecule has 0 aromatic carbocycles. The molecule has 16 heavy (non-hydrogen) atoms. The number of rotatable bonds is 4. The van der Waals surface area contributed by atoms with Crippen molar-refractivity contribution in [3.8, 4) is 0 Å². The number of amides is 1. The summed E-state index contributed by atoms with van der Waals surface area (Å²) in [6.07, 6.45) is 1.12. The van der Waals surface area contributed by atoms with Gasteiger partial charge in [0.1, 0.15) is 0 Å². The van der Waals surface area contributed by atoms with Crippen molar-refractivity contribution in [1.82, 2.24) is 4.98 Å². The normalized spacial score (nSPS) is 12.6. The molecule has 1 rings (SSSR count). The van der Waals surface area contributed by atoms with Crippen LogP contribution in [0, 0.1) is 12.8 Å². The third kappa shape index (κ3) is 3.98. The van der Waals surface area contributed by atoms with E-state index < -0.39 is 6.10 Å². The van der Waals surface area contributed by atoms with Gasteiger partial charge in [0.05, 0.1) is 24.4 Å². The van der Waals surface area contributed by atoms with Gasteiger partial charge in [0.2, 0.25) is 5.91 Å². The third-order valence-electron chi connectivity index (χ3n) is 2.36. The van der Waals surface area contributed by atoms with Crippen LogP contribution in [0.3, 0.4) is 0 Å². The van der Waals surface area contributed by atoms with E-state index in [1.165, 1.54) is 0 Å². The van der Waals surface area contributed by atoms with Gasteiger partial charge in [0, 0.05) is 5.69 Å². The minimum atomic E-state index is -0.599. The number of aliphatic hydroxyl groups excluding tert-OH is 1. The van der Waals surface area contributed by atoms with Crippen molar-refractivity contribution in [3.63, 3.8) is 0 Å². The number of hydrogen-bond acceptors (Lipinski definition) is 3. The molecule has 0 aliphatic heterocycles. The van der Waals surface area contributed by atoms with Gasteiger partial charge < -0.3 is 10.4 Å². The van der Waals surface area contributed by atoms with Crippen LogP contribution in [0.4, 0.5) is 5.69 Å². The molecule has 2 N–H and O–H groups in total. The van der Waals surface area contributed by atoms with Gasteiger partial charge in [-0.1, -0.05) is 13.8 Å². The number of carbonyl (C=O) groups is 1. The summed E-state index contributed by atoms with van der Waals surface area (Å²) in [5, 5.41) is 12.2. The summed E-state index contributed by atoms with van der Waals surface area (Å²) >= 11 is 0. The van der Waals surface area contributed by atoms with Gasteiger partial charge in [-0.05, 0) is 25.0 Å². The molecular formula is C12H18N2O2. The number of nitrogens with zero attached hydrogens (tertiary/aromatic N) is 1. The van der Waals surface area contributed by atoms with Crippen molar-refractivity contribution in [2.45, 2.75) is 33.3 Å². The van der Waals surface area contributed by atoms with Gasteiger partial charge in [-0.15, -0.1) is 0 Å². The van der Waals surface area contributed by atoms with Crippen LogP contribution in [0.25, 0.3) is 0 Å². The van der Waals surface area contributed by atoms with Crippen LogP contribution in [0.15, 0.2) is 18.3 Å². The summed E-state index contributed by atoms with van der Waals surface area (Å²) in [6, 6.07) is 3.62. The predicted molar refractivity (Wildman–Crippen MR) is 63.1 cm³/mol. The lowest BCUT2D eigenvalue weighted by molar-refractivity contribution is -0.118. The van der Waals surface area contributed by atoms with Crippen LogP contribution in [0.5, 0.6) is 0 Å². The molecule has 1 heterocycles. The van der Waals surface area contributed by atoms with Crippen molar-refractivity contribution in [3.05, 3.63) is 24.0 Å². The Labute approximate surface area is 95.7 Å². The summed E-state index contributed by atoms with van der Waals surface area (Å²) in [6.45, 7) is 5.64. The van der Waals surface area contributed by atoms with Crippen LogP contribution in [-0.2, 0) is 4.79 Å². The Morgan fingerprint density at radius 3 is 2.69 bits per heavy atom. The Hall–Kier alpha value is -1.42. The summed E-state index contributed by atoms with van der Waals surface area (Å²) < 4.78 is 0. The molecule has 1 aromatic rings. The molecule has 1 unspecified atom stereocenters. The second-order valence-electron chi connectivity index (χ2n) is 4.25. The average molecular weight is 222 g/mol. The number of nitrogens with one attached hydrogen (secondary N) is 1. The standard InChI is InChI=1S/C12H18N2O2/c1-8(2)11(15)6-12(16)14-10-5-4-9(3)13-7-10/h4-5,7-8,11,15H,6H2,1-3H3,(H,14,16). The lowest BCUT2D eigenvalue weighted by Crippen LogP contribution is -2.23. The molecule has 1 amide bonds. The minimum absolute atomic E-state index is 0.0851. The highest BCUT2D eigenvalue weighted by Gasteiger charge is 2.14. The molecule has 0 radical (unpaired) electrons. The Balaban J connectivity index is 2.48. The predicted octanol–water partition coefficient (Wildman–Crippen LogP) is 1.74. The van der Waals surface area contributed by atoms with E-state index in [-0.39, 0.29) is 18.2 Å². The Kier molecular flexibility index (Phi) is 4.43. The second kappa shape index (κ2) is 5.61. The topological polar surface area (TPSA) is 62.2 Å². The molecule has 0 aliphatic rings. The van der Waals surface area contributed by atoms with E-state index >= 15 is 0 Å². The van der Waals surface area contributed by atoms with Gasteiger partial charge in [-0.3, -0.25) is 9.78 Å². The molecule has 4 nitrogen and oxygen atoms in total. The van der Waals surface area contributed by atoms with Crippen LogP contribution in [-0.4, -0.2) is 22.1 Å². The van der Waals surface area contributed by atoms with Crippen LogP contribution in [0.1, 0.15) is 26.0 Å². The van der Waals surface area contributed by atoms with Crippen molar-refractivity contribution in [2.75, 3.05) is 5.32 Å². The number of aryl methyl sites for hydroxylation is 1. The average Bonchev–Trinajstić information content (AvgIpc) is 2.21. The maximum Gasteiger partial charge on any atom is 0.227 e. The number of aliphatic hydroxyl groups is 1. The largest absolute Gasteiger partial charge is 0.392 e. The number of aromatic nitrogens is 1. The molecule has 1 aromatic heterocycles. The van der Waals surface area contributed by atoms with Crippen molar-refractivity contribution >= 4 is 11.6 Å². The fourth-order valence-electron chi connectivity index (χ4n) is 1.18. The molecule has 88 valence electrons. The summed E-state index contributed by atoms with van der Waals surface area (Å²) in [5.74, 6) is -0.103. The number of anilines is 1. The van der Waals surface area contributed by atoms with Crippen LogP contribution < -0.4 is 5.32 Å². The third-order valence-corrected chi connectivity index (χ3v) is 2.36. The first-order valence-corrected chi connectivity index (χ1v) is 5.39. The second-order valence-corrected chi connectivity index (χ2v) is 4.25. The molecule has 0 bridgehead atoms. The van der Waals surface area contributed by atoms with E-state index in [9.17, 15) is 9.90 Å². The fraction of sp³-hybridized carbons (Fsp3) is 0.500. The maximum atomic E-state index is 11.5. The highest BCUT2D eigenvalue weighted by atomic mass is 16.3. The SMILES string of the molecule is Cc1ccc(NC(=O)CC(O)C(C)C)cn1. The van der Waals surface area contributed by atoms with Crippen LogP contribution in [0.2, 0.25) is 0 Å². The smallest absolute Gasteiger partial charge is 0.227 e. The van der Waals surface area contributed by atoms with E-state index in [2.05, 4.69) is 10.3 Å². The Morgan fingerprint density at radius 2 is 2.19 bits per heavy atom.